The van der Waals surface area contributed by atoms with Crippen molar-refractivity contribution >= 4 is 44.9 Å². The molecule has 0 radical (unpaired) electrons. The Kier molecular flexibility index (Phi) is 5.99. The quantitative estimate of drug-likeness (QED) is 0.384. The van der Waals surface area contributed by atoms with Crippen molar-refractivity contribution < 1.29 is 18.7 Å². The van der Waals surface area contributed by atoms with Crippen LogP contribution in [0.3, 0.4) is 0 Å². The minimum Gasteiger partial charge on any atom is -0.386 e. The second kappa shape index (κ2) is 8.89. The number of rotatable bonds is 7. The minimum atomic E-state index is -0.810. The number of hydrogen-bond donors (Lipinski definition) is 2. The van der Waals surface area contributed by atoms with Crippen molar-refractivity contribution in [3.8, 4) is 0 Å². The lowest BCUT2D eigenvalue weighted by atomic mass is 9.98. The van der Waals surface area contributed by atoms with Gasteiger partial charge in [-0.15, -0.1) is 5.10 Å². The molecular formula is C23H26F2N8O2S. The molecule has 10 nitrogen and oxygen atoms in total. The minimum absolute atomic E-state index is 0.0359. The number of fused-ring (bicyclic) bond motifs is 3. The summed E-state index contributed by atoms with van der Waals surface area (Å²) in [7, 11) is 1.76. The number of carbonyl (C=O) groups excluding carboxylic acids is 1. The molecule has 5 rings (SSSR count). The molecule has 3 N–H and O–H groups in total. The van der Waals surface area contributed by atoms with Gasteiger partial charge in [-0.3, -0.25) is 4.79 Å². The summed E-state index contributed by atoms with van der Waals surface area (Å²) in [4.78, 5) is 29.9. The van der Waals surface area contributed by atoms with E-state index in [0.717, 1.165) is 17.3 Å². The molecule has 0 saturated carbocycles. The molecule has 190 valence electrons. The van der Waals surface area contributed by atoms with Gasteiger partial charge >= 0.3 is 0 Å². The fourth-order valence-electron chi connectivity index (χ4n) is 4.35. The Morgan fingerprint density at radius 2 is 2.08 bits per heavy atom. The third-order valence-corrected chi connectivity index (χ3v) is 7.45. The number of aliphatic hydroxyl groups is 1. The van der Waals surface area contributed by atoms with E-state index in [0.29, 0.717) is 43.1 Å². The van der Waals surface area contributed by atoms with Gasteiger partial charge in [0.15, 0.2) is 22.4 Å². The van der Waals surface area contributed by atoms with E-state index < -0.39 is 17.2 Å². The van der Waals surface area contributed by atoms with Crippen LogP contribution in [0.25, 0.3) is 16.6 Å². The van der Waals surface area contributed by atoms with Crippen LogP contribution in [0.2, 0.25) is 0 Å². The molecule has 1 atom stereocenters. The second-order valence-corrected chi connectivity index (χ2v) is 10.5. The normalized spacial score (nSPS) is 15.9. The molecule has 0 unspecified atom stereocenters. The zero-order valence-electron chi connectivity index (χ0n) is 20.1. The maximum absolute atomic E-state index is 14.1. The number of carbonyl (C=O) groups is 1. The summed E-state index contributed by atoms with van der Waals surface area (Å²) in [5.74, 6) is -1.22. The van der Waals surface area contributed by atoms with Crippen LogP contribution in [-0.4, -0.2) is 72.3 Å². The van der Waals surface area contributed by atoms with Gasteiger partial charge in [-0.25, -0.2) is 23.7 Å². The zero-order chi connectivity index (χ0) is 25.8. The Bertz CT molecular complexity index is 1460. The lowest BCUT2D eigenvalue weighted by molar-refractivity contribution is 0.0310. The highest BCUT2D eigenvalue weighted by Gasteiger charge is 2.38. The summed E-state index contributed by atoms with van der Waals surface area (Å²) in [5, 5.41) is 15.2. The fraction of sp³-hybridized carbons (Fsp3) is 0.435. The van der Waals surface area contributed by atoms with Crippen LogP contribution in [0.15, 0.2) is 18.3 Å². The lowest BCUT2D eigenvalue weighted by Crippen LogP contribution is -2.60. The predicted octanol–water partition coefficient (Wildman–Crippen LogP) is 2.65. The van der Waals surface area contributed by atoms with Gasteiger partial charge in [-0.1, -0.05) is 11.3 Å². The van der Waals surface area contributed by atoms with E-state index in [1.165, 1.54) is 15.9 Å². The molecule has 1 amide bonds. The summed E-state index contributed by atoms with van der Waals surface area (Å²) < 4.78 is 29.2. The average molecular weight is 517 g/mol. The van der Waals surface area contributed by atoms with Crippen molar-refractivity contribution in [3.05, 3.63) is 40.7 Å². The highest BCUT2D eigenvalue weighted by atomic mass is 32.1. The topological polar surface area (TPSA) is 126 Å². The molecule has 1 fully saturated rings. The summed E-state index contributed by atoms with van der Waals surface area (Å²) in [5.41, 5.74) is 5.40. The van der Waals surface area contributed by atoms with Crippen molar-refractivity contribution in [2.45, 2.75) is 44.8 Å². The maximum atomic E-state index is 14.1. The molecule has 1 aliphatic rings. The number of β-amino-alcohol motifs (C(OH)–C–C–N with tert-alkyl or cyclic N) is 1. The van der Waals surface area contributed by atoms with Crippen LogP contribution in [0.1, 0.15) is 42.2 Å². The number of amides is 1. The zero-order valence-corrected chi connectivity index (χ0v) is 20.9. The van der Waals surface area contributed by atoms with Crippen LogP contribution in [-0.2, 0) is 6.42 Å². The molecule has 1 aliphatic heterocycles. The van der Waals surface area contributed by atoms with Crippen molar-refractivity contribution in [1.29, 1.82) is 0 Å². The first kappa shape index (κ1) is 24.3. The monoisotopic (exact) mass is 516 g/mol. The molecule has 0 spiro atoms. The molecule has 0 bridgehead atoms. The lowest BCUT2D eigenvalue weighted by Gasteiger charge is -2.44. The Balaban J connectivity index is 1.22. The van der Waals surface area contributed by atoms with E-state index in [9.17, 15) is 18.7 Å². The first-order valence-electron chi connectivity index (χ1n) is 11.5. The van der Waals surface area contributed by atoms with E-state index in [-0.39, 0.29) is 34.4 Å². The number of benzene rings is 1. The number of hydrogen-bond acceptors (Lipinski definition) is 9. The molecule has 1 aromatic carbocycles. The highest BCUT2D eigenvalue weighted by molar-refractivity contribution is 7.17. The van der Waals surface area contributed by atoms with Crippen LogP contribution in [0.5, 0.6) is 0 Å². The number of nitrogen functional groups attached to an aromatic ring is 1. The van der Waals surface area contributed by atoms with Crippen molar-refractivity contribution in [3.63, 3.8) is 0 Å². The van der Waals surface area contributed by atoms with E-state index in [4.69, 9.17) is 5.73 Å². The number of aryl methyl sites for hydroxylation is 1. The Labute approximate surface area is 209 Å². The van der Waals surface area contributed by atoms with Crippen molar-refractivity contribution in [2.75, 3.05) is 30.8 Å². The predicted molar refractivity (Wildman–Crippen MR) is 132 cm³/mol. The number of anilines is 2. The smallest absolute Gasteiger partial charge is 0.265 e. The SMILES string of the molecule is C[C@@H](CCCc1nc2c3cc(F)cc(F)c3nc(N)n2n1)N(C)C(=O)c1cnc(N2CC(C)(O)C2)s1. The van der Waals surface area contributed by atoms with Gasteiger partial charge in [-0.05, 0) is 32.8 Å². The molecule has 1 saturated heterocycles. The van der Waals surface area contributed by atoms with E-state index >= 15 is 0 Å². The average Bonchev–Trinajstić information content (AvgIpc) is 3.45. The summed E-state index contributed by atoms with van der Waals surface area (Å²) in [6.07, 6.45) is 3.44. The molecule has 36 heavy (non-hydrogen) atoms. The Morgan fingerprint density at radius 1 is 1.33 bits per heavy atom. The van der Waals surface area contributed by atoms with Crippen LogP contribution in [0.4, 0.5) is 19.9 Å². The molecule has 4 aromatic rings. The third kappa shape index (κ3) is 4.44. The number of aromatic nitrogens is 5. The first-order valence-corrected chi connectivity index (χ1v) is 12.3. The number of halogens is 2. The molecule has 3 aromatic heterocycles. The Morgan fingerprint density at radius 3 is 2.81 bits per heavy atom. The number of thiazole rings is 1. The van der Waals surface area contributed by atoms with Gasteiger partial charge in [0.05, 0.1) is 30.3 Å². The van der Waals surface area contributed by atoms with E-state index in [1.54, 1.807) is 25.1 Å². The van der Waals surface area contributed by atoms with Crippen LogP contribution >= 0.6 is 11.3 Å². The van der Waals surface area contributed by atoms with Crippen LogP contribution in [0, 0.1) is 11.6 Å². The van der Waals surface area contributed by atoms with Gasteiger partial charge < -0.3 is 20.6 Å². The van der Waals surface area contributed by atoms with Gasteiger partial charge in [0, 0.05) is 25.6 Å². The highest BCUT2D eigenvalue weighted by Crippen LogP contribution is 2.31. The maximum Gasteiger partial charge on any atom is 0.265 e. The van der Waals surface area contributed by atoms with Crippen molar-refractivity contribution in [1.82, 2.24) is 29.5 Å². The molecule has 4 heterocycles. The van der Waals surface area contributed by atoms with Crippen molar-refractivity contribution in [2.24, 2.45) is 0 Å². The van der Waals surface area contributed by atoms with Crippen LogP contribution < -0.4 is 10.6 Å². The standard InChI is InChI=1S/C23H26F2N8O2S/c1-12(31(3)20(34)16-9-27-22(36-16)32-10-23(2,35)11-32)5-4-6-17-28-19-14-7-13(24)8-15(25)18(14)29-21(26)33(19)30-17/h7-9,12,35H,4-6,10-11H2,1-3H3,(H2,26,29)/t12-/m0/s1. The summed E-state index contributed by atoms with van der Waals surface area (Å²) >= 11 is 1.32. The first-order chi connectivity index (χ1) is 17.0. The van der Waals surface area contributed by atoms with Gasteiger partial charge in [-0.2, -0.15) is 4.52 Å². The second-order valence-electron chi connectivity index (χ2n) is 9.53. The van der Waals surface area contributed by atoms with Gasteiger partial charge in [0.25, 0.3) is 5.91 Å². The van der Waals surface area contributed by atoms with E-state index in [1.807, 2.05) is 11.8 Å². The number of nitrogens with two attached hydrogens (primary N) is 1. The van der Waals surface area contributed by atoms with Gasteiger partial charge in [0.1, 0.15) is 16.2 Å². The third-order valence-electron chi connectivity index (χ3n) is 6.41. The summed E-state index contributed by atoms with van der Waals surface area (Å²) in [6.45, 7) is 4.73. The van der Waals surface area contributed by atoms with E-state index in [2.05, 4.69) is 20.1 Å². The van der Waals surface area contributed by atoms with Gasteiger partial charge in [0.2, 0.25) is 5.95 Å². The molecule has 13 heteroatoms. The Hall–Kier alpha value is -3.45. The molecular weight excluding hydrogens is 490 g/mol. The fourth-order valence-corrected chi connectivity index (χ4v) is 5.25. The number of nitrogens with zero attached hydrogens (tertiary/aromatic N) is 7. The summed E-state index contributed by atoms with van der Waals surface area (Å²) in [6, 6.07) is 1.86. The molecule has 0 aliphatic carbocycles. The largest absolute Gasteiger partial charge is 0.386 e.